The molecule has 0 atom stereocenters. The molecule has 1 saturated heterocycles. The van der Waals surface area contributed by atoms with Gasteiger partial charge in [-0.05, 0) is 6.42 Å². The average Bonchev–Trinajstić information content (AvgIpc) is 2.50. The molecule has 98 valence electrons. The van der Waals surface area contributed by atoms with Crippen LogP contribution in [0, 0.1) is 0 Å². The second-order valence-electron chi connectivity index (χ2n) is 4.01. The summed E-state index contributed by atoms with van der Waals surface area (Å²) in [6.07, 6.45) is 2.38. The van der Waals surface area contributed by atoms with E-state index in [1.54, 1.807) is 4.90 Å². The minimum Gasteiger partial charge on any atom is -0.355 e. The molecule has 0 amide bonds. The van der Waals surface area contributed by atoms with E-state index in [0.717, 1.165) is 0 Å². The SMILES string of the molecule is O=Cc1c(Cl)ncnc1N1CCCS(=O)(=O)CC1. The minimum absolute atomic E-state index is 0.0624. The lowest BCUT2D eigenvalue weighted by Crippen LogP contribution is -2.28. The molecule has 2 heterocycles. The van der Waals surface area contributed by atoms with Crippen LogP contribution in [0.2, 0.25) is 5.15 Å². The molecule has 0 aromatic carbocycles. The smallest absolute Gasteiger partial charge is 0.156 e. The number of carbonyl (C=O) groups is 1. The lowest BCUT2D eigenvalue weighted by atomic mass is 10.3. The molecule has 1 aliphatic rings. The molecule has 0 spiro atoms. The highest BCUT2D eigenvalue weighted by Gasteiger charge is 2.22. The number of aldehydes is 1. The predicted molar refractivity (Wildman–Crippen MR) is 67.9 cm³/mol. The van der Waals surface area contributed by atoms with Gasteiger partial charge in [0.05, 0.1) is 17.1 Å². The third-order valence-corrected chi connectivity index (χ3v) is 4.80. The molecular formula is C10H12ClN3O3S. The number of hydrogen-bond donors (Lipinski definition) is 0. The topological polar surface area (TPSA) is 80.2 Å². The van der Waals surface area contributed by atoms with Crippen LogP contribution in [-0.2, 0) is 9.84 Å². The van der Waals surface area contributed by atoms with Crippen molar-refractivity contribution in [3.63, 3.8) is 0 Å². The molecule has 0 radical (unpaired) electrons. The minimum atomic E-state index is -3.00. The molecule has 0 saturated carbocycles. The first kappa shape index (κ1) is 13.2. The van der Waals surface area contributed by atoms with Gasteiger partial charge >= 0.3 is 0 Å². The summed E-state index contributed by atoms with van der Waals surface area (Å²) in [5, 5.41) is 0.0853. The van der Waals surface area contributed by atoms with Crippen LogP contribution < -0.4 is 4.90 Å². The molecule has 1 aromatic heterocycles. The van der Waals surface area contributed by atoms with E-state index in [4.69, 9.17) is 11.6 Å². The molecule has 8 heteroatoms. The largest absolute Gasteiger partial charge is 0.355 e. The van der Waals surface area contributed by atoms with Gasteiger partial charge in [-0.15, -0.1) is 0 Å². The first-order valence-electron chi connectivity index (χ1n) is 5.44. The van der Waals surface area contributed by atoms with Gasteiger partial charge in [-0.25, -0.2) is 18.4 Å². The summed E-state index contributed by atoms with van der Waals surface area (Å²) in [5.41, 5.74) is 0.207. The Morgan fingerprint density at radius 2 is 2.06 bits per heavy atom. The van der Waals surface area contributed by atoms with Crippen molar-refractivity contribution in [3.05, 3.63) is 17.0 Å². The third kappa shape index (κ3) is 2.78. The van der Waals surface area contributed by atoms with Gasteiger partial charge in [-0.3, -0.25) is 4.79 Å². The average molecular weight is 290 g/mol. The van der Waals surface area contributed by atoms with Crippen LogP contribution in [0.15, 0.2) is 6.33 Å². The van der Waals surface area contributed by atoms with Crippen molar-refractivity contribution in [3.8, 4) is 0 Å². The standard InChI is InChI=1S/C10H12ClN3O3S/c11-9-8(6-15)10(13-7-12-9)14-2-1-4-18(16,17)5-3-14/h6-7H,1-5H2. The normalized spacial score (nSPS) is 19.3. The number of hydrogen-bond acceptors (Lipinski definition) is 6. The lowest BCUT2D eigenvalue weighted by Gasteiger charge is -2.21. The van der Waals surface area contributed by atoms with Crippen molar-refractivity contribution < 1.29 is 13.2 Å². The quantitative estimate of drug-likeness (QED) is 0.585. The maximum Gasteiger partial charge on any atom is 0.156 e. The highest BCUT2D eigenvalue weighted by Crippen LogP contribution is 2.22. The van der Waals surface area contributed by atoms with E-state index < -0.39 is 9.84 Å². The van der Waals surface area contributed by atoms with Crippen LogP contribution in [0.4, 0.5) is 5.82 Å². The first-order valence-corrected chi connectivity index (χ1v) is 7.64. The van der Waals surface area contributed by atoms with Gasteiger partial charge in [-0.1, -0.05) is 11.6 Å². The molecule has 6 nitrogen and oxygen atoms in total. The molecule has 1 fully saturated rings. The summed E-state index contributed by atoms with van der Waals surface area (Å²) in [7, 11) is -3.00. The van der Waals surface area contributed by atoms with E-state index in [9.17, 15) is 13.2 Å². The Balaban J connectivity index is 2.32. The van der Waals surface area contributed by atoms with Gasteiger partial charge in [0.15, 0.2) is 16.1 Å². The van der Waals surface area contributed by atoms with Crippen LogP contribution in [0.1, 0.15) is 16.8 Å². The fraction of sp³-hybridized carbons (Fsp3) is 0.500. The van der Waals surface area contributed by atoms with Crippen molar-refractivity contribution >= 4 is 33.5 Å². The van der Waals surface area contributed by atoms with E-state index in [2.05, 4.69) is 9.97 Å². The maximum atomic E-state index is 11.5. The lowest BCUT2D eigenvalue weighted by molar-refractivity contribution is 0.112. The van der Waals surface area contributed by atoms with Crippen molar-refractivity contribution in [2.24, 2.45) is 0 Å². The van der Waals surface area contributed by atoms with Crippen molar-refractivity contribution in [1.29, 1.82) is 0 Å². The number of anilines is 1. The Bertz CT molecular complexity index is 561. The Hall–Kier alpha value is -1.21. The number of aromatic nitrogens is 2. The molecule has 0 N–H and O–H groups in total. The molecule has 18 heavy (non-hydrogen) atoms. The van der Waals surface area contributed by atoms with Crippen molar-refractivity contribution in [2.75, 3.05) is 29.5 Å². The van der Waals surface area contributed by atoms with Crippen LogP contribution >= 0.6 is 11.6 Å². The zero-order valence-electron chi connectivity index (χ0n) is 9.54. The second-order valence-corrected chi connectivity index (χ2v) is 6.67. The number of nitrogens with zero attached hydrogens (tertiary/aromatic N) is 3. The summed E-state index contributed by atoms with van der Waals surface area (Å²) < 4.78 is 23.0. The summed E-state index contributed by atoms with van der Waals surface area (Å²) in [6, 6.07) is 0. The number of halogens is 1. The van der Waals surface area contributed by atoms with E-state index in [1.807, 2.05) is 0 Å². The van der Waals surface area contributed by atoms with Gasteiger partial charge in [0.25, 0.3) is 0 Å². The van der Waals surface area contributed by atoms with Crippen molar-refractivity contribution in [1.82, 2.24) is 9.97 Å². The molecule has 0 bridgehead atoms. The molecular weight excluding hydrogens is 278 g/mol. The van der Waals surface area contributed by atoms with Gasteiger partial charge in [0.2, 0.25) is 0 Å². The summed E-state index contributed by atoms with van der Waals surface area (Å²) >= 11 is 5.82. The summed E-state index contributed by atoms with van der Waals surface area (Å²) in [4.78, 5) is 20.5. The summed E-state index contributed by atoms with van der Waals surface area (Å²) in [6.45, 7) is 0.851. The van der Waals surface area contributed by atoms with Gasteiger partial charge in [0, 0.05) is 13.1 Å². The zero-order chi connectivity index (χ0) is 13.2. The molecule has 2 rings (SSSR count). The van der Waals surface area contributed by atoms with Crippen LogP contribution in [0.3, 0.4) is 0 Å². The Kier molecular flexibility index (Phi) is 3.82. The number of sulfone groups is 1. The highest BCUT2D eigenvalue weighted by molar-refractivity contribution is 7.91. The predicted octanol–water partition coefficient (Wildman–Crippen LogP) is 0.567. The van der Waals surface area contributed by atoms with Gasteiger partial charge in [-0.2, -0.15) is 0 Å². The van der Waals surface area contributed by atoms with E-state index in [-0.39, 0.29) is 22.2 Å². The Labute approximate surface area is 110 Å². The fourth-order valence-electron chi connectivity index (χ4n) is 1.87. The van der Waals surface area contributed by atoms with Crippen molar-refractivity contribution in [2.45, 2.75) is 6.42 Å². The number of carbonyl (C=O) groups excluding carboxylic acids is 1. The Morgan fingerprint density at radius 3 is 2.78 bits per heavy atom. The zero-order valence-corrected chi connectivity index (χ0v) is 11.1. The molecule has 0 unspecified atom stereocenters. The molecule has 1 aromatic rings. The van der Waals surface area contributed by atoms with Gasteiger partial charge in [0.1, 0.15) is 17.3 Å². The fourth-order valence-corrected chi connectivity index (χ4v) is 3.31. The highest BCUT2D eigenvalue weighted by atomic mass is 35.5. The second kappa shape index (κ2) is 5.19. The van der Waals surface area contributed by atoms with Gasteiger partial charge < -0.3 is 4.90 Å². The maximum absolute atomic E-state index is 11.5. The van der Waals surface area contributed by atoms with E-state index in [0.29, 0.717) is 31.6 Å². The van der Waals surface area contributed by atoms with Crippen LogP contribution in [0.5, 0.6) is 0 Å². The summed E-state index contributed by atoms with van der Waals surface area (Å²) in [5.74, 6) is 0.633. The number of rotatable bonds is 2. The Morgan fingerprint density at radius 1 is 1.28 bits per heavy atom. The van der Waals surface area contributed by atoms with E-state index >= 15 is 0 Å². The third-order valence-electron chi connectivity index (χ3n) is 2.79. The molecule has 0 aliphatic carbocycles. The van der Waals surface area contributed by atoms with Crippen LogP contribution in [-0.4, -0.2) is 49.3 Å². The first-order chi connectivity index (χ1) is 8.53. The van der Waals surface area contributed by atoms with E-state index in [1.165, 1.54) is 6.33 Å². The monoisotopic (exact) mass is 289 g/mol. The van der Waals surface area contributed by atoms with Crippen LogP contribution in [0.25, 0.3) is 0 Å². The molecule has 1 aliphatic heterocycles.